The summed E-state index contributed by atoms with van der Waals surface area (Å²) in [6.45, 7) is 8.08. The number of nitriles is 1. The number of hydrogen-bond acceptors (Lipinski definition) is 9. The lowest BCUT2D eigenvalue weighted by Gasteiger charge is -2.33. The Hall–Kier alpha value is -3.46. The van der Waals surface area contributed by atoms with E-state index in [1.54, 1.807) is 40.7 Å². The molecule has 1 rings (SSSR count). The number of nitrogens with one attached hydrogen (secondary N) is 2. The molecular weight excluding hydrogens is 512 g/mol. The maximum atomic E-state index is 13.8. The van der Waals surface area contributed by atoms with Crippen molar-refractivity contribution in [2.24, 2.45) is 0 Å². The first kappa shape index (κ1) is 32.6. The van der Waals surface area contributed by atoms with Gasteiger partial charge in [0.15, 0.2) is 0 Å². The first-order valence-corrected chi connectivity index (χ1v) is 13.6. The van der Waals surface area contributed by atoms with Gasteiger partial charge in [0.25, 0.3) is 0 Å². The Morgan fingerprint density at radius 1 is 1.24 bits per heavy atom. The molecule has 3 N–H and O–H groups in total. The van der Waals surface area contributed by atoms with Gasteiger partial charge in [0, 0.05) is 6.54 Å². The molecule has 210 valence electrons. The molecule has 2 atom stereocenters. The van der Waals surface area contributed by atoms with Gasteiger partial charge >= 0.3 is 12.1 Å². The van der Waals surface area contributed by atoms with Crippen LogP contribution in [0.1, 0.15) is 57.7 Å². The van der Waals surface area contributed by atoms with E-state index in [-0.39, 0.29) is 31.7 Å². The fourth-order valence-electron chi connectivity index (χ4n) is 3.45. The minimum Gasteiger partial charge on any atom is -0.508 e. The summed E-state index contributed by atoms with van der Waals surface area (Å²) in [6, 6.07) is 3.99. The Kier molecular flexibility index (Phi) is 13.5. The number of nitrogens with zero attached hydrogens (tertiary/aromatic N) is 2. The van der Waals surface area contributed by atoms with E-state index in [1.165, 1.54) is 23.9 Å². The van der Waals surface area contributed by atoms with Crippen LogP contribution in [0.2, 0.25) is 0 Å². The molecule has 0 saturated carbocycles. The predicted molar refractivity (Wildman–Crippen MR) is 143 cm³/mol. The molecule has 0 saturated heterocycles. The number of alkyl carbamates (subject to hydrolysis) is 1. The summed E-state index contributed by atoms with van der Waals surface area (Å²) in [5.41, 5.74) is 0.00876. The van der Waals surface area contributed by atoms with Gasteiger partial charge in [0.1, 0.15) is 30.0 Å². The molecule has 0 aromatic heterocycles. The van der Waals surface area contributed by atoms with Gasteiger partial charge < -0.3 is 30.1 Å². The fraction of sp³-hybridized carbons (Fsp3) is 0.577. The van der Waals surface area contributed by atoms with Gasteiger partial charge in [-0.2, -0.15) is 17.0 Å². The van der Waals surface area contributed by atoms with Crippen LogP contribution in [0.4, 0.5) is 4.79 Å². The Labute approximate surface area is 228 Å². The standard InChI is InChI=1S/C26H38N4O7S/c1-7-36-21(32)10-13-28-23(33)22(18-8-9-20(31)17(2)16-18)30(14-12-27)24(34)19(11-15-38-6)29-25(35)37-26(3,4)5/h8-9,16,19,22,31H,7,10-11,13-15H2,1-6H3,(H,28,33)(H,29,35). The van der Waals surface area contributed by atoms with Crippen LogP contribution in [0.25, 0.3) is 0 Å². The molecule has 0 bridgehead atoms. The van der Waals surface area contributed by atoms with E-state index >= 15 is 0 Å². The average Bonchev–Trinajstić information content (AvgIpc) is 2.82. The molecule has 0 aliphatic heterocycles. The molecule has 0 aliphatic carbocycles. The van der Waals surface area contributed by atoms with Crippen LogP contribution in [0.3, 0.4) is 0 Å². The normalized spacial score (nSPS) is 12.4. The van der Waals surface area contributed by atoms with E-state index in [9.17, 15) is 29.5 Å². The van der Waals surface area contributed by atoms with Gasteiger partial charge in [-0.05, 0) is 76.3 Å². The van der Waals surface area contributed by atoms with Crippen LogP contribution in [0.5, 0.6) is 5.75 Å². The molecule has 3 amide bonds. The number of carbonyl (C=O) groups excluding carboxylic acids is 4. The molecule has 0 heterocycles. The quantitative estimate of drug-likeness (QED) is 0.248. The summed E-state index contributed by atoms with van der Waals surface area (Å²) in [4.78, 5) is 52.5. The van der Waals surface area contributed by atoms with Gasteiger partial charge in [0.05, 0.1) is 19.1 Å². The topological polar surface area (TPSA) is 158 Å². The molecular formula is C26H38N4O7S. The third kappa shape index (κ3) is 10.9. The monoisotopic (exact) mass is 550 g/mol. The maximum absolute atomic E-state index is 13.8. The van der Waals surface area contributed by atoms with E-state index in [0.29, 0.717) is 16.9 Å². The molecule has 38 heavy (non-hydrogen) atoms. The highest BCUT2D eigenvalue weighted by Crippen LogP contribution is 2.27. The number of phenolic OH excluding ortho intramolecular Hbond substituents is 1. The number of phenols is 1. The lowest BCUT2D eigenvalue weighted by molar-refractivity contribution is -0.144. The second kappa shape index (κ2) is 15.7. The van der Waals surface area contributed by atoms with Gasteiger partial charge in [-0.15, -0.1) is 0 Å². The number of ether oxygens (including phenoxy) is 2. The highest BCUT2D eigenvalue weighted by Gasteiger charge is 2.36. The lowest BCUT2D eigenvalue weighted by Crippen LogP contribution is -2.53. The summed E-state index contributed by atoms with van der Waals surface area (Å²) in [7, 11) is 0. The number of benzene rings is 1. The van der Waals surface area contributed by atoms with Crippen molar-refractivity contribution in [3.05, 3.63) is 29.3 Å². The summed E-state index contributed by atoms with van der Waals surface area (Å²) in [5.74, 6) is -1.26. The van der Waals surface area contributed by atoms with E-state index in [4.69, 9.17) is 9.47 Å². The van der Waals surface area contributed by atoms with Crippen molar-refractivity contribution in [2.45, 2.75) is 65.1 Å². The number of aromatic hydroxyl groups is 1. The highest BCUT2D eigenvalue weighted by molar-refractivity contribution is 7.98. The Balaban J connectivity index is 3.39. The zero-order chi connectivity index (χ0) is 28.9. The smallest absolute Gasteiger partial charge is 0.408 e. The van der Waals surface area contributed by atoms with Crippen LogP contribution < -0.4 is 10.6 Å². The van der Waals surface area contributed by atoms with Gasteiger partial charge in [-0.3, -0.25) is 14.4 Å². The number of aryl methyl sites for hydroxylation is 1. The van der Waals surface area contributed by atoms with Crippen LogP contribution in [0.15, 0.2) is 18.2 Å². The van der Waals surface area contributed by atoms with Crippen molar-refractivity contribution < 1.29 is 33.8 Å². The lowest BCUT2D eigenvalue weighted by atomic mass is 10.00. The summed E-state index contributed by atoms with van der Waals surface area (Å²) >= 11 is 1.47. The van der Waals surface area contributed by atoms with Crippen molar-refractivity contribution in [1.82, 2.24) is 15.5 Å². The number of amides is 3. The van der Waals surface area contributed by atoms with Crippen molar-refractivity contribution in [3.8, 4) is 11.8 Å². The molecule has 0 fully saturated rings. The Morgan fingerprint density at radius 2 is 1.92 bits per heavy atom. The molecule has 1 aromatic rings. The number of carbonyl (C=O) groups is 4. The second-order valence-electron chi connectivity index (χ2n) is 9.40. The van der Waals surface area contributed by atoms with Crippen molar-refractivity contribution in [2.75, 3.05) is 31.7 Å². The molecule has 12 heteroatoms. The summed E-state index contributed by atoms with van der Waals surface area (Å²) in [5, 5.41) is 24.8. The zero-order valence-electron chi connectivity index (χ0n) is 22.8. The SMILES string of the molecule is CCOC(=O)CCNC(=O)C(c1ccc(O)c(C)c1)N(CC#N)C(=O)C(CCSC)NC(=O)OC(C)(C)C. The molecule has 1 aromatic carbocycles. The molecule has 11 nitrogen and oxygen atoms in total. The molecule has 0 radical (unpaired) electrons. The van der Waals surface area contributed by atoms with E-state index in [0.717, 1.165) is 4.90 Å². The predicted octanol–water partition coefficient (Wildman–Crippen LogP) is 2.81. The maximum Gasteiger partial charge on any atom is 0.408 e. The first-order valence-electron chi connectivity index (χ1n) is 12.2. The van der Waals surface area contributed by atoms with E-state index < -0.39 is 48.1 Å². The number of rotatable bonds is 13. The van der Waals surface area contributed by atoms with Gasteiger partial charge in [-0.25, -0.2) is 4.79 Å². The number of esters is 1. The minimum absolute atomic E-state index is 0.00202. The Morgan fingerprint density at radius 3 is 2.47 bits per heavy atom. The summed E-state index contributed by atoms with van der Waals surface area (Å²) < 4.78 is 10.2. The first-order chi connectivity index (χ1) is 17.8. The largest absolute Gasteiger partial charge is 0.508 e. The number of hydrogen-bond donors (Lipinski definition) is 3. The van der Waals surface area contributed by atoms with Crippen LogP contribution in [-0.4, -0.2) is 77.2 Å². The third-order valence-corrected chi connectivity index (χ3v) is 5.80. The summed E-state index contributed by atoms with van der Waals surface area (Å²) in [6.07, 6.45) is 1.20. The van der Waals surface area contributed by atoms with Crippen LogP contribution in [0, 0.1) is 18.3 Å². The van der Waals surface area contributed by atoms with Crippen molar-refractivity contribution >= 4 is 35.6 Å². The highest BCUT2D eigenvalue weighted by atomic mass is 32.2. The van der Waals surface area contributed by atoms with E-state index in [2.05, 4.69) is 10.6 Å². The fourth-order valence-corrected chi connectivity index (χ4v) is 3.93. The number of thioether (sulfide) groups is 1. The van der Waals surface area contributed by atoms with Gasteiger partial charge in [0.2, 0.25) is 11.8 Å². The van der Waals surface area contributed by atoms with Crippen LogP contribution >= 0.6 is 11.8 Å². The average molecular weight is 551 g/mol. The Bertz CT molecular complexity index is 1020. The van der Waals surface area contributed by atoms with Crippen LogP contribution in [-0.2, 0) is 23.9 Å². The van der Waals surface area contributed by atoms with Crippen molar-refractivity contribution in [3.63, 3.8) is 0 Å². The second-order valence-corrected chi connectivity index (χ2v) is 10.4. The van der Waals surface area contributed by atoms with Gasteiger partial charge in [-0.1, -0.05) is 6.07 Å². The zero-order valence-corrected chi connectivity index (χ0v) is 23.6. The molecule has 0 spiro atoms. The molecule has 2 unspecified atom stereocenters. The third-order valence-electron chi connectivity index (χ3n) is 5.15. The minimum atomic E-state index is -1.28. The van der Waals surface area contributed by atoms with Crippen molar-refractivity contribution in [1.29, 1.82) is 5.26 Å². The van der Waals surface area contributed by atoms with E-state index in [1.807, 2.05) is 12.3 Å². The molecule has 0 aliphatic rings.